The lowest BCUT2D eigenvalue weighted by molar-refractivity contribution is -0.118. The van der Waals surface area contributed by atoms with Gasteiger partial charge in [0.15, 0.2) is 0 Å². The molecule has 0 unspecified atom stereocenters. The highest BCUT2D eigenvalue weighted by Crippen LogP contribution is 2.25. The van der Waals surface area contributed by atoms with Crippen molar-refractivity contribution < 1.29 is 4.79 Å². The summed E-state index contributed by atoms with van der Waals surface area (Å²) < 4.78 is 0. The number of aryl methyl sites for hydroxylation is 1. The molecular weight excluding hydrogens is 304 g/mol. The molecule has 3 N–H and O–H groups in total. The first-order valence-electron chi connectivity index (χ1n) is 6.55. The van der Waals surface area contributed by atoms with Crippen LogP contribution in [0.5, 0.6) is 0 Å². The smallest absolute Gasteiger partial charge is 0.230 e. The Balaban J connectivity index is 1.85. The Hall–Kier alpha value is -1.65. The van der Waals surface area contributed by atoms with Crippen molar-refractivity contribution in [3.8, 4) is 0 Å². The van der Waals surface area contributed by atoms with E-state index in [9.17, 15) is 4.79 Å². The van der Waals surface area contributed by atoms with E-state index in [1.54, 1.807) is 0 Å². The number of benzene rings is 2. The van der Waals surface area contributed by atoms with Crippen LogP contribution in [0, 0.1) is 6.92 Å². The van der Waals surface area contributed by atoms with Crippen LogP contribution in [-0.4, -0.2) is 11.7 Å². The van der Waals surface area contributed by atoms with Crippen LogP contribution in [-0.2, 0) is 11.3 Å². The normalized spacial score (nSPS) is 10.4. The summed E-state index contributed by atoms with van der Waals surface area (Å²) in [5, 5.41) is 3.52. The van der Waals surface area contributed by atoms with E-state index < -0.39 is 0 Å². The van der Waals surface area contributed by atoms with E-state index in [0.717, 1.165) is 16.0 Å². The Labute approximate surface area is 133 Å². The summed E-state index contributed by atoms with van der Waals surface area (Å²) in [4.78, 5) is 12.8. The molecule has 2 rings (SSSR count). The average Bonchev–Trinajstić information content (AvgIpc) is 2.47. The minimum absolute atomic E-state index is 0.0409. The standard InChI is InChI=1S/C16H17ClN2OS/c1-11-6-7-14(18)15(8-11)21-10-16(20)19-9-12-4-2-3-5-13(12)17/h2-8H,9-10,18H2,1H3,(H,19,20). The van der Waals surface area contributed by atoms with Gasteiger partial charge in [-0.2, -0.15) is 0 Å². The molecule has 0 radical (unpaired) electrons. The van der Waals surface area contributed by atoms with Gasteiger partial charge in [-0.25, -0.2) is 0 Å². The second-order valence-corrected chi connectivity index (χ2v) is 6.12. The van der Waals surface area contributed by atoms with Crippen LogP contribution in [0.2, 0.25) is 5.02 Å². The highest BCUT2D eigenvalue weighted by molar-refractivity contribution is 8.00. The Morgan fingerprint density at radius 1 is 1.29 bits per heavy atom. The topological polar surface area (TPSA) is 55.1 Å². The van der Waals surface area contributed by atoms with Gasteiger partial charge >= 0.3 is 0 Å². The summed E-state index contributed by atoms with van der Waals surface area (Å²) in [6, 6.07) is 13.3. The summed E-state index contributed by atoms with van der Waals surface area (Å²) in [5.74, 6) is 0.291. The van der Waals surface area contributed by atoms with E-state index in [2.05, 4.69) is 5.32 Å². The quantitative estimate of drug-likeness (QED) is 0.653. The van der Waals surface area contributed by atoms with Crippen molar-refractivity contribution in [3.05, 3.63) is 58.6 Å². The zero-order valence-electron chi connectivity index (χ0n) is 11.7. The van der Waals surface area contributed by atoms with Crippen LogP contribution in [0.1, 0.15) is 11.1 Å². The van der Waals surface area contributed by atoms with Crippen molar-refractivity contribution >= 4 is 35.0 Å². The van der Waals surface area contributed by atoms with E-state index in [1.165, 1.54) is 11.8 Å². The number of thioether (sulfide) groups is 1. The summed E-state index contributed by atoms with van der Waals surface area (Å²) >= 11 is 7.48. The molecule has 0 aliphatic rings. The fourth-order valence-corrected chi connectivity index (χ4v) is 2.89. The largest absolute Gasteiger partial charge is 0.398 e. The second-order valence-electron chi connectivity index (χ2n) is 4.70. The minimum atomic E-state index is -0.0409. The number of carbonyl (C=O) groups is 1. The van der Waals surface area contributed by atoms with Crippen LogP contribution in [0.25, 0.3) is 0 Å². The number of amides is 1. The number of anilines is 1. The summed E-state index contributed by atoms with van der Waals surface area (Å²) in [5.41, 5.74) is 8.63. The Kier molecular flexibility index (Phi) is 5.53. The molecule has 5 heteroatoms. The van der Waals surface area contributed by atoms with Crippen LogP contribution >= 0.6 is 23.4 Å². The highest BCUT2D eigenvalue weighted by atomic mass is 35.5. The minimum Gasteiger partial charge on any atom is -0.398 e. The maximum absolute atomic E-state index is 11.9. The van der Waals surface area contributed by atoms with Crippen molar-refractivity contribution in [2.75, 3.05) is 11.5 Å². The van der Waals surface area contributed by atoms with Gasteiger partial charge in [-0.1, -0.05) is 35.9 Å². The molecule has 0 fully saturated rings. The molecule has 0 atom stereocenters. The van der Waals surface area contributed by atoms with Crippen LogP contribution < -0.4 is 11.1 Å². The van der Waals surface area contributed by atoms with Gasteiger partial charge in [-0.15, -0.1) is 11.8 Å². The van der Waals surface area contributed by atoms with E-state index in [-0.39, 0.29) is 5.91 Å². The van der Waals surface area contributed by atoms with Gasteiger partial charge in [-0.3, -0.25) is 4.79 Å². The Morgan fingerprint density at radius 2 is 2.05 bits per heavy atom. The average molecular weight is 321 g/mol. The predicted octanol–water partition coefficient (Wildman–Crippen LogP) is 3.64. The first-order chi connectivity index (χ1) is 10.1. The SMILES string of the molecule is Cc1ccc(N)c(SCC(=O)NCc2ccccc2Cl)c1. The van der Waals surface area contributed by atoms with Crippen molar-refractivity contribution in [3.63, 3.8) is 0 Å². The van der Waals surface area contributed by atoms with E-state index in [0.29, 0.717) is 23.0 Å². The van der Waals surface area contributed by atoms with Gasteiger partial charge in [0.1, 0.15) is 0 Å². The van der Waals surface area contributed by atoms with Crippen molar-refractivity contribution in [1.82, 2.24) is 5.32 Å². The van der Waals surface area contributed by atoms with Gasteiger partial charge in [0.2, 0.25) is 5.91 Å². The third-order valence-corrected chi connectivity index (χ3v) is 4.40. The van der Waals surface area contributed by atoms with Crippen molar-refractivity contribution in [1.29, 1.82) is 0 Å². The zero-order chi connectivity index (χ0) is 15.2. The maximum atomic E-state index is 11.9. The first-order valence-corrected chi connectivity index (χ1v) is 7.91. The molecule has 2 aromatic carbocycles. The van der Waals surface area contributed by atoms with E-state index in [4.69, 9.17) is 17.3 Å². The Morgan fingerprint density at radius 3 is 2.81 bits per heavy atom. The third-order valence-electron chi connectivity index (χ3n) is 2.96. The number of carbonyl (C=O) groups excluding carboxylic acids is 1. The van der Waals surface area contributed by atoms with Gasteiger partial charge in [0.05, 0.1) is 5.75 Å². The Bertz CT molecular complexity index is 646. The molecule has 0 saturated heterocycles. The summed E-state index contributed by atoms with van der Waals surface area (Å²) in [6.07, 6.45) is 0. The maximum Gasteiger partial charge on any atom is 0.230 e. The number of rotatable bonds is 5. The lowest BCUT2D eigenvalue weighted by atomic mass is 10.2. The monoisotopic (exact) mass is 320 g/mol. The molecule has 0 saturated carbocycles. The molecule has 21 heavy (non-hydrogen) atoms. The number of nitrogens with one attached hydrogen (secondary N) is 1. The molecule has 2 aromatic rings. The molecule has 0 spiro atoms. The van der Waals surface area contributed by atoms with Crippen molar-refractivity contribution in [2.24, 2.45) is 0 Å². The summed E-state index contributed by atoms with van der Waals surface area (Å²) in [7, 11) is 0. The van der Waals surface area contributed by atoms with Gasteiger partial charge in [0.25, 0.3) is 0 Å². The predicted molar refractivity (Wildman–Crippen MR) is 89.6 cm³/mol. The fourth-order valence-electron chi connectivity index (χ4n) is 1.80. The fraction of sp³-hybridized carbons (Fsp3) is 0.188. The lowest BCUT2D eigenvalue weighted by Gasteiger charge is -2.08. The van der Waals surface area contributed by atoms with Crippen LogP contribution in [0.3, 0.4) is 0 Å². The number of nitrogen functional groups attached to an aromatic ring is 1. The van der Waals surface area contributed by atoms with E-state index >= 15 is 0 Å². The molecule has 1 amide bonds. The van der Waals surface area contributed by atoms with Gasteiger partial charge in [-0.05, 0) is 36.2 Å². The highest BCUT2D eigenvalue weighted by Gasteiger charge is 2.06. The van der Waals surface area contributed by atoms with Gasteiger partial charge in [0, 0.05) is 22.2 Å². The lowest BCUT2D eigenvalue weighted by Crippen LogP contribution is -2.24. The molecule has 0 aromatic heterocycles. The van der Waals surface area contributed by atoms with Gasteiger partial charge < -0.3 is 11.1 Å². The zero-order valence-corrected chi connectivity index (χ0v) is 13.3. The molecule has 0 aliphatic heterocycles. The third kappa shape index (κ3) is 4.69. The number of nitrogens with two attached hydrogens (primary N) is 1. The molecule has 0 bridgehead atoms. The second kappa shape index (κ2) is 7.38. The number of hydrogen-bond donors (Lipinski definition) is 2. The first kappa shape index (κ1) is 15.7. The van der Waals surface area contributed by atoms with Crippen LogP contribution in [0.4, 0.5) is 5.69 Å². The molecule has 3 nitrogen and oxygen atoms in total. The molecule has 110 valence electrons. The number of halogens is 1. The number of hydrogen-bond acceptors (Lipinski definition) is 3. The van der Waals surface area contributed by atoms with E-state index in [1.807, 2.05) is 49.4 Å². The van der Waals surface area contributed by atoms with Crippen molar-refractivity contribution in [2.45, 2.75) is 18.4 Å². The molecule has 0 aliphatic carbocycles. The molecule has 0 heterocycles. The summed E-state index contributed by atoms with van der Waals surface area (Å²) in [6.45, 7) is 2.43. The molecular formula is C16H17ClN2OS. The van der Waals surface area contributed by atoms with Crippen LogP contribution in [0.15, 0.2) is 47.4 Å².